The Balaban J connectivity index is 1.21. The number of rotatable bonds is 6. The number of hydrogen-bond acceptors (Lipinski definition) is 5. The third-order valence-corrected chi connectivity index (χ3v) is 8.74. The summed E-state index contributed by atoms with van der Waals surface area (Å²) in [6, 6.07) is 13.0. The van der Waals surface area contributed by atoms with Crippen LogP contribution in [0.15, 0.2) is 47.4 Å². The highest BCUT2D eigenvalue weighted by atomic mass is 32.2. The SMILES string of the molecule is CN(C)S(=O)(=O)c1ccc2c(c1)nc(CCC(=O)N1CCC(c3nc4ccccc4[nH]3)CC1)n2C. The number of nitrogens with one attached hydrogen (secondary N) is 1. The van der Waals surface area contributed by atoms with Crippen molar-refractivity contribution >= 4 is 38.0 Å². The standard InChI is InChI=1S/C25H30N6O3S/c1-29(2)35(33,34)18-8-9-22-21(16-18)26-23(30(22)3)10-11-24(32)31-14-12-17(13-15-31)25-27-19-6-4-5-7-20(19)28-25/h4-9,16-17H,10-15H2,1-3H3,(H,27,28). The van der Waals surface area contributed by atoms with E-state index < -0.39 is 10.0 Å². The molecule has 0 radical (unpaired) electrons. The number of hydrogen-bond donors (Lipinski definition) is 1. The van der Waals surface area contributed by atoms with Crippen molar-refractivity contribution in [2.75, 3.05) is 27.2 Å². The highest BCUT2D eigenvalue weighted by Crippen LogP contribution is 2.28. The maximum Gasteiger partial charge on any atom is 0.242 e. The summed E-state index contributed by atoms with van der Waals surface area (Å²) in [5.41, 5.74) is 3.49. The molecule has 0 saturated carbocycles. The van der Waals surface area contributed by atoms with E-state index in [1.165, 1.54) is 18.4 Å². The molecule has 2 aromatic carbocycles. The number of nitrogens with zero attached hydrogens (tertiary/aromatic N) is 5. The number of fused-ring (bicyclic) bond motifs is 2. The van der Waals surface area contributed by atoms with Gasteiger partial charge >= 0.3 is 0 Å². The quantitative estimate of drug-likeness (QED) is 0.444. The van der Waals surface area contributed by atoms with Crippen molar-refractivity contribution in [3.63, 3.8) is 0 Å². The van der Waals surface area contributed by atoms with Crippen molar-refractivity contribution in [2.24, 2.45) is 7.05 Å². The molecule has 0 unspecified atom stereocenters. The lowest BCUT2D eigenvalue weighted by molar-refractivity contribution is -0.132. The number of piperidine rings is 1. The Labute approximate surface area is 204 Å². The number of aromatic nitrogens is 4. The van der Waals surface area contributed by atoms with Crippen molar-refractivity contribution in [2.45, 2.75) is 36.5 Å². The first kappa shape index (κ1) is 23.5. The zero-order chi connectivity index (χ0) is 24.7. The van der Waals surface area contributed by atoms with Crippen molar-refractivity contribution < 1.29 is 13.2 Å². The minimum atomic E-state index is -3.53. The van der Waals surface area contributed by atoms with Gasteiger partial charge in [0.2, 0.25) is 15.9 Å². The van der Waals surface area contributed by atoms with Crippen molar-refractivity contribution in [1.29, 1.82) is 0 Å². The fraction of sp³-hybridized carbons (Fsp3) is 0.400. The summed E-state index contributed by atoms with van der Waals surface area (Å²) in [5, 5.41) is 0. The van der Waals surface area contributed by atoms with Crippen LogP contribution < -0.4 is 0 Å². The predicted molar refractivity (Wildman–Crippen MR) is 135 cm³/mol. The van der Waals surface area contributed by atoms with Crippen LogP contribution in [0.3, 0.4) is 0 Å². The summed E-state index contributed by atoms with van der Waals surface area (Å²) < 4.78 is 28.0. The van der Waals surface area contributed by atoms with Gasteiger partial charge in [0.1, 0.15) is 11.6 Å². The van der Waals surface area contributed by atoms with Gasteiger partial charge in [-0.05, 0) is 43.2 Å². The van der Waals surface area contributed by atoms with E-state index in [1.807, 2.05) is 40.8 Å². The number of carbonyl (C=O) groups excluding carboxylic acids is 1. The Kier molecular flexibility index (Phi) is 6.10. The molecule has 0 aliphatic carbocycles. The Hall–Kier alpha value is -3.24. The van der Waals surface area contributed by atoms with Gasteiger partial charge in [0.25, 0.3) is 0 Å². The molecule has 0 atom stereocenters. The summed E-state index contributed by atoms with van der Waals surface area (Å²) in [7, 11) is 1.39. The van der Waals surface area contributed by atoms with Crippen LogP contribution in [0.5, 0.6) is 0 Å². The van der Waals surface area contributed by atoms with Crippen molar-refractivity contribution in [3.8, 4) is 0 Å². The topological polar surface area (TPSA) is 104 Å². The van der Waals surface area contributed by atoms with Gasteiger partial charge in [-0.25, -0.2) is 22.7 Å². The fourth-order valence-corrected chi connectivity index (χ4v) is 5.69. The van der Waals surface area contributed by atoms with E-state index in [1.54, 1.807) is 18.2 Å². The predicted octanol–water partition coefficient (Wildman–Crippen LogP) is 3.04. The molecule has 1 fully saturated rings. The van der Waals surface area contributed by atoms with Gasteiger partial charge in [0.05, 0.1) is 27.0 Å². The molecule has 35 heavy (non-hydrogen) atoms. The van der Waals surface area contributed by atoms with Crippen LogP contribution in [-0.2, 0) is 28.3 Å². The second-order valence-corrected chi connectivity index (χ2v) is 11.5. The smallest absolute Gasteiger partial charge is 0.242 e. The van der Waals surface area contributed by atoms with Gasteiger partial charge < -0.3 is 14.5 Å². The number of benzene rings is 2. The van der Waals surface area contributed by atoms with Crippen LogP contribution in [0.4, 0.5) is 0 Å². The molecule has 0 spiro atoms. The number of para-hydroxylation sites is 2. The summed E-state index contributed by atoms with van der Waals surface area (Å²) in [6.07, 6.45) is 2.65. The lowest BCUT2D eigenvalue weighted by Crippen LogP contribution is -2.38. The summed E-state index contributed by atoms with van der Waals surface area (Å²) in [5.74, 6) is 2.23. The Morgan fingerprint density at radius 3 is 2.54 bits per heavy atom. The monoisotopic (exact) mass is 494 g/mol. The van der Waals surface area contributed by atoms with E-state index in [0.717, 1.165) is 54.1 Å². The minimum Gasteiger partial charge on any atom is -0.343 e. The number of aryl methyl sites for hydroxylation is 2. The first-order valence-corrected chi connectivity index (χ1v) is 13.3. The molecule has 1 N–H and O–H groups in total. The van der Waals surface area contributed by atoms with E-state index in [-0.39, 0.29) is 10.8 Å². The lowest BCUT2D eigenvalue weighted by Gasteiger charge is -2.31. The van der Waals surface area contributed by atoms with Gasteiger partial charge in [-0.1, -0.05) is 12.1 Å². The van der Waals surface area contributed by atoms with Crippen LogP contribution in [0, 0.1) is 0 Å². The molecule has 1 aliphatic heterocycles. The number of aromatic amines is 1. The Bertz CT molecular complexity index is 1460. The van der Waals surface area contributed by atoms with E-state index in [2.05, 4.69) is 9.97 Å². The molecular formula is C25H30N6O3S. The van der Waals surface area contributed by atoms with Crippen LogP contribution in [-0.4, -0.2) is 70.2 Å². The van der Waals surface area contributed by atoms with Gasteiger partial charge in [-0.15, -0.1) is 0 Å². The Morgan fingerprint density at radius 1 is 1.09 bits per heavy atom. The average Bonchev–Trinajstić information content (AvgIpc) is 3.43. The lowest BCUT2D eigenvalue weighted by atomic mass is 9.96. The van der Waals surface area contributed by atoms with E-state index in [9.17, 15) is 13.2 Å². The number of H-pyrrole nitrogens is 1. The van der Waals surface area contributed by atoms with Gasteiger partial charge in [-0.2, -0.15) is 0 Å². The number of imidazole rings is 2. The van der Waals surface area contributed by atoms with Crippen LogP contribution in [0.2, 0.25) is 0 Å². The number of sulfonamides is 1. The average molecular weight is 495 g/mol. The molecule has 0 bridgehead atoms. The normalized spacial score (nSPS) is 15.5. The first-order valence-electron chi connectivity index (χ1n) is 11.8. The third-order valence-electron chi connectivity index (χ3n) is 6.93. The molecular weight excluding hydrogens is 464 g/mol. The number of likely N-dealkylation sites (tertiary alicyclic amines) is 1. The minimum absolute atomic E-state index is 0.121. The van der Waals surface area contributed by atoms with E-state index in [4.69, 9.17) is 4.98 Å². The molecule has 5 rings (SSSR count). The molecule has 1 saturated heterocycles. The van der Waals surface area contributed by atoms with Gasteiger partial charge in [-0.3, -0.25) is 4.79 Å². The number of carbonyl (C=O) groups is 1. The molecule has 4 aromatic rings. The molecule has 2 aromatic heterocycles. The molecule has 3 heterocycles. The fourth-order valence-electron chi connectivity index (χ4n) is 4.77. The van der Waals surface area contributed by atoms with Crippen LogP contribution >= 0.6 is 0 Å². The largest absolute Gasteiger partial charge is 0.343 e. The molecule has 1 amide bonds. The van der Waals surface area contributed by atoms with Gasteiger partial charge in [0, 0.05) is 53.0 Å². The zero-order valence-corrected chi connectivity index (χ0v) is 21.0. The van der Waals surface area contributed by atoms with Crippen LogP contribution in [0.25, 0.3) is 22.1 Å². The third kappa shape index (κ3) is 4.43. The van der Waals surface area contributed by atoms with Gasteiger partial charge in [0.15, 0.2) is 0 Å². The second kappa shape index (κ2) is 9.09. The maximum atomic E-state index is 12.9. The Morgan fingerprint density at radius 2 is 1.83 bits per heavy atom. The van der Waals surface area contributed by atoms with Crippen LogP contribution in [0.1, 0.15) is 36.8 Å². The molecule has 9 nitrogen and oxygen atoms in total. The molecule has 1 aliphatic rings. The highest BCUT2D eigenvalue weighted by molar-refractivity contribution is 7.89. The summed E-state index contributed by atoms with van der Waals surface area (Å²) >= 11 is 0. The first-order chi connectivity index (χ1) is 16.7. The second-order valence-electron chi connectivity index (χ2n) is 9.32. The zero-order valence-electron chi connectivity index (χ0n) is 20.2. The molecule has 10 heteroatoms. The highest BCUT2D eigenvalue weighted by Gasteiger charge is 2.26. The van der Waals surface area contributed by atoms with Crippen molar-refractivity contribution in [1.82, 2.24) is 28.7 Å². The van der Waals surface area contributed by atoms with Crippen molar-refractivity contribution in [3.05, 3.63) is 54.1 Å². The maximum absolute atomic E-state index is 12.9. The number of amides is 1. The molecule has 184 valence electrons. The summed E-state index contributed by atoms with van der Waals surface area (Å²) in [6.45, 7) is 1.43. The van der Waals surface area contributed by atoms with E-state index in [0.29, 0.717) is 24.3 Å². The van der Waals surface area contributed by atoms with E-state index >= 15 is 0 Å². The summed E-state index contributed by atoms with van der Waals surface area (Å²) in [4.78, 5) is 27.9.